The number of carbonyl (C=O) groups is 1. The van der Waals surface area contributed by atoms with Crippen LogP contribution in [0, 0.1) is 11.3 Å². The molecule has 0 spiro atoms. The molecule has 1 amide bonds. The average Bonchev–Trinajstić information content (AvgIpc) is 3.23. The summed E-state index contributed by atoms with van der Waals surface area (Å²) >= 11 is 0. The SMILES string of the molecule is COc1ccc(C2c3c(-c4ccccc4)n[nH]c3C(=O)N2CC#N)cc1. The first-order chi connectivity index (χ1) is 12.7. The van der Waals surface area contributed by atoms with E-state index >= 15 is 0 Å². The second kappa shape index (κ2) is 6.37. The molecule has 1 aliphatic heterocycles. The van der Waals surface area contributed by atoms with Crippen LogP contribution >= 0.6 is 0 Å². The predicted molar refractivity (Wildman–Crippen MR) is 95.5 cm³/mol. The lowest BCUT2D eigenvalue weighted by atomic mass is 9.96. The van der Waals surface area contributed by atoms with E-state index in [9.17, 15) is 10.1 Å². The van der Waals surface area contributed by atoms with E-state index in [0.717, 1.165) is 28.1 Å². The molecule has 26 heavy (non-hydrogen) atoms. The molecule has 2 heterocycles. The molecule has 6 nitrogen and oxygen atoms in total. The number of amides is 1. The minimum Gasteiger partial charge on any atom is -0.497 e. The van der Waals surface area contributed by atoms with Crippen molar-refractivity contribution in [3.63, 3.8) is 0 Å². The lowest BCUT2D eigenvalue weighted by Crippen LogP contribution is -2.29. The van der Waals surface area contributed by atoms with Gasteiger partial charge in [0.2, 0.25) is 0 Å². The number of fused-ring (bicyclic) bond motifs is 1. The third-order valence-electron chi connectivity index (χ3n) is 4.58. The van der Waals surface area contributed by atoms with Gasteiger partial charge in [-0.2, -0.15) is 10.4 Å². The van der Waals surface area contributed by atoms with Crippen molar-refractivity contribution in [2.45, 2.75) is 6.04 Å². The molecule has 0 saturated carbocycles. The van der Waals surface area contributed by atoms with E-state index in [-0.39, 0.29) is 18.5 Å². The van der Waals surface area contributed by atoms with Crippen molar-refractivity contribution >= 4 is 5.91 Å². The number of H-pyrrole nitrogens is 1. The molecule has 4 rings (SSSR count). The van der Waals surface area contributed by atoms with Gasteiger partial charge in [0, 0.05) is 11.1 Å². The fraction of sp³-hybridized carbons (Fsp3) is 0.150. The van der Waals surface area contributed by atoms with Crippen molar-refractivity contribution in [2.75, 3.05) is 13.7 Å². The summed E-state index contributed by atoms with van der Waals surface area (Å²) in [5, 5.41) is 16.5. The Morgan fingerprint density at radius 2 is 1.92 bits per heavy atom. The summed E-state index contributed by atoms with van der Waals surface area (Å²) < 4.78 is 5.22. The third-order valence-corrected chi connectivity index (χ3v) is 4.58. The number of ether oxygens (including phenoxy) is 1. The molecule has 2 aromatic carbocycles. The first-order valence-corrected chi connectivity index (χ1v) is 8.20. The van der Waals surface area contributed by atoms with E-state index in [1.54, 1.807) is 12.0 Å². The van der Waals surface area contributed by atoms with E-state index in [1.165, 1.54) is 0 Å². The van der Waals surface area contributed by atoms with Crippen LogP contribution in [-0.4, -0.2) is 34.7 Å². The molecular weight excluding hydrogens is 328 g/mol. The molecule has 6 heteroatoms. The molecule has 1 N–H and O–H groups in total. The largest absolute Gasteiger partial charge is 0.497 e. The molecule has 0 saturated heterocycles. The lowest BCUT2D eigenvalue weighted by Gasteiger charge is -2.24. The average molecular weight is 344 g/mol. The van der Waals surface area contributed by atoms with Crippen molar-refractivity contribution in [1.82, 2.24) is 15.1 Å². The summed E-state index contributed by atoms with van der Waals surface area (Å²) in [7, 11) is 1.61. The summed E-state index contributed by atoms with van der Waals surface area (Å²) in [6, 6.07) is 19.0. The summed E-state index contributed by atoms with van der Waals surface area (Å²) in [4.78, 5) is 14.4. The molecule has 1 aliphatic rings. The molecule has 3 aromatic rings. The first-order valence-electron chi connectivity index (χ1n) is 8.20. The zero-order chi connectivity index (χ0) is 18.1. The Morgan fingerprint density at radius 3 is 2.58 bits per heavy atom. The molecule has 1 unspecified atom stereocenters. The lowest BCUT2D eigenvalue weighted by molar-refractivity contribution is 0.0767. The highest BCUT2D eigenvalue weighted by Gasteiger charge is 2.42. The number of methoxy groups -OCH3 is 1. The van der Waals surface area contributed by atoms with Crippen LogP contribution in [0.25, 0.3) is 11.3 Å². The molecule has 128 valence electrons. The van der Waals surface area contributed by atoms with E-state index in [4.69, 9.17) is 4.74 Å². The minimum absolute atomic E-state index is 0.00623. The number of nitrogens with one attached hydrogen (secondary N) is 1. The van der Waals surface area contributed by atoms with Gasteiger partial charge in [0.25, 0.3) is 5.91 Å². The van der Waals surface area contributed by atoms with Crippen LogP contribution in [-0.2, 0) is 0 Å². The number of benzene rings is 2. The second-order valence-corrected chi connectivity index (χ2v) is 5.99. The van der Waals surface area contributed by atoms with Crippen LogP contribution in [0.5, 0.6) is 5.75 Å². The number of nitrogens with zero attached hydrogens (tertiary/aromatic N) is 3. The van der Waals surface area contributed by atoms with Gasteiger partial charge in [-0.05, 0) is 17.7 Å². The standard InChI is InChI=1S/C20H16N4O2/c1-26-15-9-7-14(8-10-15)19-16-17(13-5-3-2-4-6-13)22-23-18(16)20(25)24(19)12-11-21/h2-10,19H,12H2,1H3,(H,22,23). The van der Waals surface area contributed by atoms with Crippen LogP contribution in [0.3, 0.4) is 0 Å². The van der Waals surface area contributed by atoms with Crippen molar-refractivity contribution in [1.29, 1.82) is 5.26 Å². The number of aromatic nitrogens is 2. The van der Waals surface area contributed by atoms with Gasteiger partial charge in [0.05, 0.1) is 24.9 Å². The molecular formula is C20H16N4O2. The van der Waals surface area contributed by atoms with Crippen molar-refractivity contribution < 1.29 is 9.53 Å². The van der Waals surface area contributed by atoms with Gasteiger partial charge >= 0.3 is 0 Å². The quantitative estimate of drug-likeness (QED) is 0.737. The fourth-order valence-corrected chi connectivity index (χ4v) is 3.38. The summed E-state index contributed by atoms with van der Waals surface area (Å²) in [6.45, 7) is 0.00623. The maximum atomic E-state index is 12.8. The Bertz CT molecular complexity index is 987. The third kappa shape index (κ3) is 2.42. The molecule has 1 atom stereocenters. The summed E-state index contributed by atoms with van der Waals surface area (Å²) in [5.74, 6) is 0.526. The molecule has 0 bridgehead atoms. The Kier molecular flexibility index (Phi) is 3.90. The normalized spacial score (nSPS) is 15.6. The predicted octanol–water partition coefficient (Wildman–Crippen LogP) is 3.15. The number of aromatic amines is 1. The zero-order valence-corrected chi connectivity index (χ0v) is 14.1. The van der Waals surface area contributed by atoms with Crippen LogP contribution in [0.2, 0.25) is 0 Å². The highest BCUT2D eigenvalue weighted by Crippen LogP contribution is 2.42. The highest BCUT2D eigenvalue weighted by molar-refractivity contribution is 6.00. The Morgan fingerprint density at radius 1 is 1.19 bits per heavy atom. The van der Waals surface area contributed by atoms with Gasteiger partial charge in [-0.1, -0.05) is 42.5 Å². The number of nitriles is 1. The van der Waals surface area contributed by atoms with Crippen molar-refractivity contribution in [3.8, 4) is 23.1 Å². The Balaban J connectivity index is 1.88. The van der Waals surface area contributed by atoms with Crippen LogP contribution < -0.4 is 4.74 Å². The maximum absolute atomic E-state index is 12.8. The molecule has 1 aromatic heterocycles. The minimum atomic E-state index is -0.364. The van der Waals surface area contributed by atoms with Gasteiger partial charge in [-0.15, -0.1) is 0 Å². The van der Waals surface area contributed by atoms with E-state index in [1.807, 2.05) is 54.6 Å². The van der Waals surface area contributed by atoms with Gasteiger partial charge in [0.1, 0.15) is 18.0 Å². The highest BCUT2D eigenvalue weighted by atomic mass is 16.5. The number of hydrogen-bond donors (Lipinski definition) is 1. The number of carbonyl (C=O) groups excluding carboxylic acids is 1. The topological polar surface area (TPSA) is 82.0 Å². The van der Waals surface area contributed by atoms with Crippen LogP contribution in [0.15, 0.2) is 54.6 Å². The van der Waals surface area contributed by atoms with E-state index in [0.29, 0.717) is 5.69 Å². The zero-order valence-electron chi connectivity index (χ0n) is 14.1. The van der Waals surface area contributed by atoms with E-state index in [2.05, 4.69) is 16.3 Å². The number of rotatable bonds is 4. The van der Waals surface area contributed by atoms with Crippen LogP contribution in [0.4, 0.5) is 0 Å². The maximum Gasteiger partial charge on any atom is 0.273 e. The van der Waals surface area contributed by atoms with Crippen LogP contribution in [0.1, 0.15) is 27.7 Å². The summed E-state index contributed by atoms with van der Waals surface area (Å²) in [6.07, 6.45) is 0. The van der Waals surface area contributed by atoms with Gasteiger partial charge in [0.15, 0.2) is 0 Å². The Labute approximate surface area is 150 Å². The molecule has 0 radical (unpaired) electrons. The molecule has 0 fully saturated rings. The van der Waals surface area contributed by atoms with Crippen molar-refractivity contribution in [3.05, 3.63) is 71.4 Å². The van der Waals surface area contributed by atoms with Gasteiger partial charge < -0.3 is 9.64 Å². The Hall–Kier alpha value is -3.59. The van der Waals surface area contributed by atoms with E-state index < -0.39 is 0 Å². The van der Waals surface area contributed by atoms with Crippen molar-refractivity contribution in [2.24, 2.45) is 0 Å². The van der Waals surface area contributed by atoms with Gasteiger partial charge in [-0.3, -0.25) is 9.89 Å². The summed E-state index contributed by atoms with van der Waals surface area (Å²) in [5.41, 5.74) is 3.82. The van der Waals surface area contributed by atoms with Gasteiger partial charge in [-0.25, -0.2) is 0 Å². The number of hydrogen-bond acceptors (Lipinski definition) is 4. The fourth-order valence-electron chi connectivity index (χ4n) is 3.38. The second-order valence-electron chi connectivity index (χ2n) is 5.99. The smallest absolute Gasteiger partial charge is 0.273 e. The monoisotopic (exact) mass is 344 g/mol. The first kappa shape index (κ1) is 15.9. The molecule has 0 aliphatic carbocycles.